The minimum atomic E-state index is -0.284. The standard InChI is InChI=1S/C16H18N5O4.C4H9.U/c1-2-10-5-13-17-14-12(15(23)21(13)18-10)8-20(16(14)24)7-11-6-19(9-22)3-4-25-11;1-4(2)3;/h5,11,18H,2-4,6-8H2,1H3;1-3H3;/q2*-1;+2/t11-;;/m0../s1. The number of morpholine rings is 1. The molecular weight excluding hydrogens is 612 g/mol. The average molecular weight is 639 g/mol. The topological polar surface area (TPSA) is 100 Å². The molecule has 0 bridgehead atoms. The molecule has 0 unspecified atom stereocenters. The fraction of sp³-hybridized carbons (Fsp3) is 0.550. The van der Waals surface area contributed by atoms with Crippen LogP contribution in [0.1, 0.15) is 49.4 Å². The summed E-state index contributed by atoms with van der Waals surface area (Å²) in [6.07, 6.45) is 2.32. The number of nitrogens with zero attached hydrogens (tertiary/aromatic N) is 4. The molecule has 0 aromatic carbocycles. The van der Waals surface area contributed by atoms with Crippen molar-refractivity contribution in [3.63, 3.8) is 0 Å². The number of H-pyrrole nitrogens is 1. The number of fused-ring (bicyclic) bond motifs is 2. The molecule has 1 fully saturated rings. The summed E-state index contributed by atoms with van der Waals surface area (Å²) in [5.41, 5.74) is 1.69. The molecule has 0 spiro atoms. The van der Waals surface area contributed by atoms with Gasteiger partial charge in [0.2, 0.25) is 0 Å². The van der Waals surface area contributed by atoms with Gasteiger partial charge >= 0.3 is 31.1 Å². The first-order valence-corrected chi connectivity index (χ1v) is 9.77. The van der Waals surface area contributed by atoms with E-state index >= 15 is 0 Å². The molecule has 10 heteroatoms. The molecule has 30 heavy (non-hydrogen) atoms. The molecule has 4 heterocycles. The first kappa shape index (κ1) is 24.6. The van der Waals surface area contributed by atoms with E-state index in [4.69, 9.17) is 4.74 Å². The summed E-state index contributed by atoms with van der Waals surface area (Å²) >= 11 is 0. The summed E-state index contributed by atoms with van der Waals surface area (Å²) in [5.74, 6) is 1.14. The smallest absolute Gasteiger partial charge is 0.520 e. The maximum atomic E-state index is 12.7. The number of nitrogens with one attached hydrogen (secondary N) is 1. The van der Waals surface area contributed by atoms with Crippen LogP contribution in [0.4, 0.5) is 0 Å². The van der Waals surface area contributed by atoms with Crippen LogP contribution in [0.25, 0.3) is 5.65 Å². The van der Waals surface area contributed by atoms with Crippen LogP contribution in [-0.2, 0) is 22.5 Å². The molecule has 0 saturated carbocycles. The number of hydrogen-bond acceptors (Lipinski definition) is 5. The minimum absolute atomic E-state index is 0. The fourth-order valence-corrected chi connectivity index (χ4v) is 3.33. The van der Waals surface area contributed by atoms with Crippen molar-refractivity contribution >= 4 is 18.0 Å². The van der Waals surface area contributed by atoms with Gasteiger partial charge in [-0.25, -0.2) is 9.50 Å². The summed E-state index contributed by atoms with van der Waals surface area (Å²) in [6.45, 7) is 10.0. The zero-order valence-electron chi connectivity index (χ0n) is 17.8. The summed E-state index contributed by atoms with van der Waals surface area (Å²) in [4.78, 5) is 43.5. The van der Waals surface area contributed by atoms with E-state index in [2.05, 4.69) is 30.9 Å². The summed E-state index contributed by atoms with van der Waals surface area (Å²) in [7, 11) is 0. The van der Waals surface area contributed by atoms with Gasteiger partial charge in [-0.15, -0.1) is 0 Å². The van der Waals surface area contributed by atoms with Gasteiger partial charge < -0.3 is 25.2 Å². The molecule has 9 nitrogen and oxygen atoms in total. The molecule has 2 aromatic rings. The predicted octanol–water partition coefficient (Wildman–Crippen LogP) is 0.929. The molecule has 0 aliphatic carbocycles. The van der Waals surface area contributed by atoms with E-state index in [1.54, 1.807) is 11.0 Å². The van der Waals surface area contributed by atoms with E-state index in [9.17, 15) is 14.4 Å². The van der Waals surface area contributed by atoms with Crippen molar-refractivity contribution in [2.45, 2.75) is 46.8 Å². The van der Waals surface area contributed by atoms with Gasteiger partial charge in [0.15, 0.2) is 5.65 Å². The fourth-order valence-electron chi connectivity index (χ4n) is 3.33. The molecule has 1 atom stereocenters. The molecule has 2 aliphatic heterocycles. The van der Waals surface area contributed by atoms with E-state index < -0.39 is 0 Å². The minimum Gasteiger partial charge on any atom is -0.520 e. The van der Waals surface area contributed by atoms with Gasteiger partial charge in [0.25, 0.3) is 11.5 Å². The van der Waals surface area contributed by atoms with Crippen LogP contribution < -0.4 is 5.56 Å². The van der Waals surface area contributed by atoms with Gasteiger partial charge in [-0.1, -0.05) is 6.92 Å². The molecular formula is C20H27N5O4U. The van der Waals surface area contributed by atoms with Gasteiger partial charge in [-0.05, 0) is 6.42 Å². The van der Waals surface area contributed by atoms with Crippen LogP contribution in [0.5, 0.6) is 0 Å². The zero-order chi connectivity index (χ0) is 21.1. The van der Waals surface area contributed by atoms with Crippen molar-refractivity contribution in [3.8, 4) is 0 Å². The second-order valence-corrected chi connectivity index (χ2v) is 7.79. The summed E-state index contributed by atoms with van der Waals surface area (Å²) < 4.78 is 7.00. The number of ether oxygens (including phenoxy) is 1. The first-order chi connectivity index (χ1) is 13.8. The molecule has 0 radical (unpaired) electrons. The quantitative estimate of drug-likeness (QED) is 0.503. The molecule has 1 saturated heterocycles. The number of hydrogen-bond donors (Lipinski definition) is 1. The normalized spacial score (nSPS) is 18.2. The Morgan fingerprint density at radius 1 is 1.33 bits per heavy atom. The van der Waals surface area contributed by atoms with Crippen molar-refractivity contribution in [3.05, 3.63) is 39.3 Å². The van der Waals surface area contributed by atoms with E-state index in [-0.39, 0.29) is 60.9 Å². The van der Waals surface area contributed by atoms with Crippen molar-refractivity contribution in [2.75, 3.05) is 26.2 Å². The molecule has 1 N–H and O–H groups in total. The number of rotatable bonds is 4. The van der Waals surface area contributed by atoms with Crippen LogP contribution in [-0.4, -0.2) is 69.1 Å². The predicted molar refractivity (Wildman–Crippen MR) is 107 cm³/mol. The third-order valence-corrected chi connectivity index (χ3v) is 4.67. The molecule has 2 aliphatic rings. The Balaban J connectivity index is 0.000000591. The molecule has 4 rings (SSSR count). The second kappa shape index (κ2) is 10.6. The Kier molecular flexibility index (Phi) is 8.71. The van der Waals surface area contributed by atoms with Crippen LogP contribution >= 0.6 is 0 Å². The monoisotopic (exact) mass is 639 g/mol. The Bertz CT molecular complexity index is 952. The second-order valence-electron chi connectivity index (χ2n) is 7.79. The Morgan fingerprint density at radius 3 is 2.67 bits per heavy atom. The van der Waals surface area contributed by atoms with Crippen molar-refractivity contribution in [1.29, 1.82) is 0 Å². The number of carbonyl (C=O) groups excluding carboxylic acids is 2. The van der Waals surface area contributed by atoms with Crippen molar-refractivity contribution in [1.82, 2.24) is 24.4 Å². The summed E-state index contributed by atoms with van der Waals surface area (Å²) in [6, 6.07) is 1.78. The van der Waals surface area contributed by atoms with Gasteiger partial charge in [0.1, 0.15) is 5.69 Å². The average Bonchev–Trinajstić information content (AvgIpc) is 3.24. The number of aryl methyl sites for hydroxylation is 1. The SMILES string of the molecule is CCc1cc2nc3c(c(=O)n2[nH]1)CN(C[C@@H]1CN([C-]=O)CCO1)C3=O.C[C-](C)C.[U+2]. The number of amides is 2. The third-order valence-electron chi connectivity index (χ3n) is 4.67. The number of carbonyl (C=O) groups is 1. The Hall–Kier alpha value is -1.63. The zero-order valence-corrected chi connectivity index (χ0v) is 22.0. The van der Waals surface area contributed by atoms with E-state index in [0.29, 0.717) is 37.5 Å². The van der Waals surface area contributed by atoms with Gasteiger partial charge in [-0.2, -0.15) is 27.2 Å². The third kappa shape index (κ3) is 5.34. The van der Waals surface area contributed by atoms with Gasteiger partial charge in [-0.3, -0.25) is 14.7 Å². The number of aromatic nitrogens is 3. The molecule has 160 valence electrons. The van der Waals surface area contributed by atoms with E-state index in [1.165, 1.54) is 15.3 Å². The van der Waals surface area contributed by atoms with Gasteiger partial charge in [0, 0.05) is 31.4 Å². The maximum absolute atomic E-state index is 12.7. The van der Waals surface area contributed by atoms with Gasteiger partial charge in [0.05, 0.1) is 24.8 Å². The van der Waals surface area contributed by atoms with Crippen LogP contribution in [0.2, 0.25) is 0 Å². The van der Waals surface area contributed by atoms with Crippen molar-refractivity contribution < 1.29 is 45.4 Å². The van der Waals surface area contributed by atoms with Crippen LogP contribution in [0, 0.1) is 37.0 Å². The maximum Gasteiger partial charge on any atom is 2.00 e. The molecule has 2 aromatic heterocycles. The Morgan fingerprint density at radius 2 is 2.03 bits per heavy atom. The van der Waals surface area contributed by atoms with Crippen LogP contribution in [0.3, 0.4) is 0 Å². The first-order valence-electron chi connectivity index (χ1n) is 9.77. The van der Waals surface area contributed by atoms with Crippen molar-refractivity contribution in [2.24, 2.45) is 0 Å². The summed E-state index contributed by atoms with van der Waals surface area (Å²) in [5, 5.41) is 3.01. The van der Waals surface area contributed by atoms with Crippen LogP contribution in [0.15, 0.2) is 10.9 Å². The largest absolute Gasteiger partial charge is 2.00 e. The number of aromatic amines is 1. The van der Waals surface area contributed by atoms with E-state index in [0.717, 1.165) is 12.1 Å². The Labute approximate surface area is 199 Å². The van der Waals surface area contributed by atoms with E-state index in [1.807, 2.05) is 13.3 Å². The molecule has 2 amide bonds.